The van der Waals surface area contributed by atoms with Crippen LogP contribution in [0.2, 0.25) is 0 Å². The maximum absolute atomic E-state index is 13.2. The highest BCUT2D eigenvalue weighted by Crippen LogP contribution is 2.18. The van der Waals surface area contributed by atoms with Crippen molar-refractivity contribution in [2.45, 2.75) is 25.8 Å². The summed E-state index contributed by atoms with van der Waals surface area (Å²) in [6.45, 7) is 5.37. The number of hydrogen-bond acceptors (Lipinski definition) is 1. The highest BCUT2D eigenvalue weighted by atomic mass is 35.5. The lowest BCUT2D eigenvalue weighted by molar-refractivity contribution is 0.604. The van der Waals surface area contributed by atoms with Crippen molar-refractivity contribution in [1.29, 1.82) is 0 Å². The first kappa shape index (κ1) is 14.1. The fraction of sp³-hybridized carbons (Fsp3) is 0.333. The number of allylic oxidation sites excluding steroid dienone is 1. The van der Waals surface area contributed by atoms with Crippen LogP contribution in [0.5, 0.6) is 0 Å². The van der Waals surface area contributed by atoms with E-state index in [-0.39, 0.29) is 24.3 Å². The molecule has 0 aliphatic heterocycles. The average Bonchev–Trinajstić information content (AvgIpc) is 2.18. The van der Waals surface area contributed by atoms with Crippen molar-refractivity contribution in [3.05, 3.63) is 47.8 Å². The molecule has 0 saturated heterocycles. The molecular weight excluding hydrogens is 213 g/mol. The lowest BCUT2D eigenvalue weighted by Crippen LogP contribution is -2.10. The van der Waals surface area contributed by atoms with Crippen LogP contribution in [-0.4, -0.2) is 0 Å². The predicted molar refractivity (Wildman–Crippen MR) is 64.7 cm³/mol. The summed E-state index contributed by atoms with van der Waals surface area (Å²) < 4.78 is 13.2. The number of aryl methyl sites for hydroxylation is 1. The minimum atomic E-state index is -0.184. The van der Waals surface area contributed by atoms with Gasteiger partial charge in [0.2, 0.25) is 0 Å². The van der Waals surface area contributed by atoms with Gasteiger partial charge in [0.05, 0.1) is 0 Å². The summed E-state index contributed by atoms with van der Waals surface area (Å²) in [4.78, 5) is 0. The monoisotopic (exact) mass is 229 g/mol. The molecule has 84 valence electrons. The molecule has 0 spiro atoms. The molecule has 0 heterocycles. The zero-order chi connectivity index (χ0) is 10.6. The molecule has 15 heavy (non-hydrogen) atoms. The van der Waals surface area contributed by atoms with Gasteiger partial charge in [0.25, 0.3) is 0 Å². The molecule has 0 saturated carbocycles. The first-order valence-electron chi connectivity index (χ1n) is 4.77. The van der Waals surface area contributed by atoms with Crippen LogP contribution in [0.4, 0.5) is 4.39 Å². The Labute approximate surface area is 96.6 Å². The highest BCUT2D eigenvalue weighted by Gasteiger charge is 2.06. The molecule has 0 aromatic heterocycles. The summed E-state index contributed by atoms with van der Waals surface area (Å²) in [7, 11) is 0. The Morgan fingerprint density at radius 2 is 2.20 bits per heavy atom. The second kappa shape index (κ2) is 6.59. The predicted octanol–water partition coefficient (Wildman–Crippen LogP) is 3.52. The van der Waals surface area contributed by atoms with E-state index in [9.17, 15) is 4.39 Å². The third-order valence-corrected chi connectivity index (χ3v) is 2.31. The van der Waals surface area contributed by atoms with Crippen LogP contribution in [0.1, 0.15) is 30.0 Å². The molecule has 1 aromatic carbocycles. The molecule has 0 amide bonds. The molecule has 1 rings (SSSR count). The van der Waals surface area contributed by atoms with Gasteiger partial charge in [-0.05, 0) is 37.0 Å². The molecule has 1 nitrogen and oxygen atoms in total. The third kappa shape index (κ3) is 4.02. The molecule has 1 aromatic rings. The largest absolute Gasteiger partial charge is 0.324 e. The van der Waals surface area contributed by atoms with E-state index in [1.807, 2.05) is 12.1 Å². The van der Waals surface area contributed by atoms with Gasteiger partial charge < -0.3 is 5.73 Å². The van der Waals surface area contributed by atoms with Gasteiger partial charge in [0.15, 0.2) is 0 Å². The smallest absolute Gasteiger partial charge is 0.126 e. The first-order chi connectivity index (χ1) is 6.65. The number of hydrogen-bond donors (Lipinski definition) is 1. The van der Waals surface area contributed by atoms with Gasteiger partial charge in [-0.3, -0.25) is 0 Å². The lowest BCUT2D eigenvalue weighted by Gasteiger charge is -2.11. The van der Waals surface area contributed by atoms with Crippen LogP contribution in [0.25, 0.3) is 0 Å². The quantitative estimate of drug-likeness (QED) is 0.786. The molecule has 0 bridgehead atoms. The second-order valence-electron chi connectivity index (χ2n) is 3.48. The van der Waals surface area contributed by atoms with Crippen molar-refractivity contribution in [1.82, 2.24) is 0 Å². The van der Waals surface area contributed by atoms with E-state index in [0.29, 0.717) is 5.56 Å². The van der Waals surface area contributed by atoms with Crippen molar-refractivity contribution in [2.24, 2.45) is 5.73 Å². The minimum Gasteiger partial charge on any atom is -0.324 e. The van der Waals surface area contributed by atoms with E-state index in [0.717, 1.165) is 18.4 Å². The highest BCUT2D eigenvalue weighted by molar-refractivity contribution is 5.85. The molecule has 1 atom stereocenters. The molecule has 0 fully saturated rings. The van der Waals surface area contributed by atoms with Gasteiger partial charge in [0, 0.05) is 6.04 Å². The van der Waals surface area contributed by atoms with Gasteiger partial charge in [-0.2, -0.15) is 0 Å². The zero-order valence-electron chi connectivity index (χ0n) is 8.87. The van der Waals surface area contributed by atoms with E-state index >= 15 is 0 Å². The van der Waals surface area contributed by atoms with Gasteiger partial charge in [-0.25, -0.2) is 4.39 Å². The fourth-order valence-corrected chi connectivity index (χ4v) is 1.30. The topological polar surface area (TPSA) is 26.0 Å². The SMILES string of the molecule is C=CCC[C@H](N)c1ccc(C)c(F)c1.Cl. The summed E-state index contributed by atoms with van der Waals surface area (Å²) in [5, 5.41) is 0. The second-order valence-corrected chi connectivity index (χ2v) is 3.48. The van der Waals surface area contributed by atoms with Crippen molar-refractivity contribution < 1.29 is 4.39 Å². The molecule has 0 unspecified atom stereocenters. The number of benzene rings is 1. The minimum absolute atomic E-state index is 0. The normalized spacial score (nSPS) is 11.7. The Hall–Kier alpha value is -0.860. The Bertz CT molecular complexity index is 325. The fourth-order valence-electron chi connectivity index (χ4n) is 1.30. The Balaban J connectivity index is 0.00000196. The van der Waals surface area contributed by atoms with E-state index in [4.69, 9.17) is 5.73 Å². The maximum atomic E-state index is 13.2. The van der Waals surface area contributed by atoms with E-state index in [1.54, 1.807) is 13.0 Å². The van der Waals surface area contributed by atoms with E-state index in [1.165, 1.54) is 6.07 Å². The van der Waals surface area contributed by atoms with Gasteiger partial charge in [-0.15, -0.1) is 19.0 Å². The summed E-state index contributed by atoms with van der Waals surface area (Å²) in [6, 6.07) is 5.07. The van der Waals surface area contributed by atoms with Crippen LogP contribution in [0, 0.1) is 12.7 Å². The molecule has 0 aliphatic carbocycles. The summed E-state index contributed by atoms with van der Waals surface area (Å²) >= 11 is 0. The van der Waals surface area contributed by atoms with Crippen LogP contribution >= 0.6 is 12.4 Å². The van der Waals surface area contributed by atoms with Crippen molar-refractivity contribution >= 4 is 12.4 Å². The van der Waals surface area contributed by atoms with E-state index < -0.39 is 0 Å². The Morgan fingerprint density at radius 3 is 2.73 bits per heavy atom. The van der Waals surface area contributed by atoms with Crippen LogP contribution in [-0.2, 0) is 0 Å². The van der Waals surface area contributed by atoms with Gasteiger partial charge in [0.1, 0.15) is 5.82 Å². The maximum Gasteiger partial charge on any atom is 0.126 e. The Morgan fingerprint density at radius 1 is 1.53 bits per heavy atom. The molecule has 2 N–H and O–H groups in total. The van der Waals surface area contributed by atoms with Crippen LogP contribution in [0.15, 0.2) is 30.9 Å². The summed E-state index contributed by atoms with van der Waals surface area (Å²) in [5.74, 6) is -0.184. The molecular formula is C12H17ClFN. The standard InChI is InChI=1S/C12H16FN.ClH/c1-3-4-5-12(14)10-7-6-9(2)11(13)8-10;/h3,6-8,12H,1,4-5,14H2,2H3;1H/t12-;/m0./s1. The van der Waals surface area contributed by atoms with Crippen LogP contribution in [0.3, 0.4) is 0 Å². The number of rotatable bonds is 4. The average molecular weight is 230 g/mol. The molecule has 3 heteroatoms. The third-order valence-electron chi connectivity index (χ3n) is 2.31. The van der Waals surface area contributed by atoms with Crippen LogP contribution < -0.4 is 5.73 Å². The van der Waals surface area contributed by atoms with E-state index in [2.05, 4.69) is 6.58 Å². The van der Waals surface area contributed by atoms with Crippen molar-refractivity contribution in [2.75, 3.05) is 0 Å². The number of halogens is 2. The van der Waals surface area contributed by atoms with Crippen molar-refractivity contribution in [3.8, 4) is 0 Å². The van der Waals surface area contributed by atoms with Crippen molar-refractivity contribution in [3.63, 3.8) is 0 Å². The summed E-state index contributed by atoms with van der Waals surface area (Å²) in [5.41, 5.74) is 7.40. The number of nitrogens with two attached hydrogens (primary N) is 1. The zero-order valence-corrected chi connectivity index (χ0v) is 9.69. The van der Waals surface area contributed by atoms with Gasteiger partial charge >= 0.3 is 0 Å². The Kier molecular flexibility index (Phi) is 6.21. The lowest BCUT2D eigenvalue weighted by atomic mass is 10.0. The molecule has 0 aliphatic rings. The first-order valence-corrected chi connectivity index (χ1v) is 4.77. The molecule has 0 radical (unpaired) electrons. The van der Waals surface area contributed by atoms with Gasteiger partial charge in [-0.1, -0.05) is 18.2 Å². The summed E-state index contributed by atoms with van der Waals surface area (Å²) in [6.07, 6.45) is 3.49.